The van der Waals surface area contributed by atoms with E-state index in [-0.39, 0.29) is 5.91 Å². The van der Waals surface area contributed by atoms with Crippen LogP contribution in [0.1, 0.15) is 36.5 Å². The molecule has 1 N–H and O–H groups in total. The molecule has 0 aliphatic carbocycles. The molecular formula is C18H21NO. The van der Waals surface area contributed by atoms with E-state index in [2.05, 4.69) is 31.3 Å². The lowest BCUT2D eigenvalue weighted by Crippen LogP contribution is -2.14. The molecule has 0 aliphatic heterocycles. The van der Waals surface area contributed by atoms with Gasteiger partial charge in [-0.3, -0.25) is 4.79 Å². The van der Waals surface area contributed by atoms with Crippen LogP contribution in [-0.2, 0) is 11.2 Å². The minimum Gasteiger partial charge on any atom is -0.326 e. The van der Waals surface area contributed by atoms with Crippen LogP contribution in [0.3, 0.4) is 0 Å². The first-order chi connectivity index (χ1) is 9.54. The van der Waals surface area contributed by atoms with Crippen LogP contribution >= 0.6 is 0 Å². The Kier molecular flexibility index (Phi) is 4.57. The highest BCUT2D eigenvalue weighted by molar-refractivity contribution is 5.92. The number of benzene rings is 2. The van der Waals surface area contributed by atoms with Gasteiger partial charge >= 0.3 is 0 Å². The lowest BCUT2D eigenvalue weighted by atomic mass is 10.0. The zero-order valence-corrected chi connectivity index (χ0v) is 12.3. The van der Waals surface area contributed by atoms with Gasteiger partial charge in [0, 0.05) is 5.69 Å². The van der Waals surface area contributed by atoms with Gasteiger partial charge in [0.25, 0.3) is 0 Å². The summed E-state index contributed by atoms with van der Waals surface area (Å²) >= 11 is 0. The molecule has 2 aromatic rings. The molecule has 0 radical (unpaired) electrons. The fourth-order valence-corrected chi connectivity index (χ4v) is 2.16. The molecular weight excluding hydrogens is 246 g/mol. The smallest absolute Gasteiger partial charge is 0.228 e. The average Bonchev–Trinajstić information content (AvgIpc) is 2.39. The van der Waals surface area contributed by atoms with E-state index in [1.54, 1.807) is 0 Å². The maximum absolute atomic E-state index is 12.0. The van der Waals surface area contributed by atoms with Gasteiger partial charge in [-0.15, -0.1) is 0 Å². The Morgan fingerprint density at radius 1 is 1.10 bits per heavy atom. The minimum absolute atomic E-state index is 0.0212. The number of amides is 1. The van der Waals surface area contributed by atoms with Crippen molar-refractivity contribution < 1.29 is 4.79 Å². The van der Waals surface area contributed by atoms with Crippen molar-refractivity contribution >= 4 is 11.6 Å². The highest BCUT2D eigenvalue weighted by Gasteiger charge is 2.05. The summed E-state index contributed by atoms with van der Waals surface area (Å²) in [4.78, 5) is 12.0. The Balaban J connectivity index is 1.97. The summed E-state index contributed by atoms with van der Waals surface area (Å²) in [6.45, 7) is 6.35. The first-order valence-corrected chi connectivity index (χ1v) is 7.00. The molecule has 2 aromatic carbocycles. The Morgan fingerprint density at radius 3 is 2.40 bits per heavy atom. The molecule has 20 heavy (non-hydrogen) atoms. The molecule has 0 heterocycles. The molecule has 0 spiro atoms. The van der Waals surface area contributed by atoms with Crippen molar-refractivity contribution in [1.82, 2.24) is 0 Å². The summed E-state index contributed by atoms with van der Waals surface area (Å²) < 4.78 is 0. The van der Waals surface area contributed by atoms with E-state index in [9.17, 15) is 4.79 Å². The number of rotatable bonds is 4. The number of nitrogens with one attached hydrogen (secondary N) is 1. The van der Waals surface area contributed by atoms with Crippen molar-refractivity contribution in [3.8, 4) is 0 Å². The molecule has 0 atom stereocenters. The average molecular weight is 267 g/mol. The zero-order chi connectivity index (χ0) is 14.5. The van der Waals surface area contributed by atoms with Crippen molar-refractivity contribution in [3.63, 3.8) is 0 Å². The van der Waals surface area contributed by atoms with Crippen molar-refractivity contribution in [2.45, 2.75) is 33.1 Å². The van der Waals surface area contributed by atoms with Crippen LogP contribution in [0.2, 0.25) is 0 Å². The van der Waals surface area contributed by atoms with Gasteiger partial charge in [-0.25, -0.2) is 0 Å². The van der Waals surface area contributed by atoms with Crippen LogP contribution in [0, 0.1) is 6.92 Å². The van der Waals surface area contributed by atoms with E-state index in [1.807, 2.05) is 43.3 Å². The fraction of sp³-hybridized carbons (Fsp3) is 0.278. The van der Waals surface area contributed by atoms with Crippen molar-refractivity contribution in [1.29, 1.82) is 0 Å². The molecule has 1 amide bonds. The molecule has 2 nitrogen and oxygen atoms in total. The quantitative estimate of drug-likeness (QED) is 0.879. The van der Waals surface area contributed by atoms with Crippen LogP contribution in [-0.4, -0.2) is 5.91 Å². The van der Waals surface area contributed by atoms with Gasteiger partial charge < -0.3 is 5.32 Å². The molecule has 0 fully saturated rings. The number of carbonyl (C=O) groups is 1. The van der Waals surface area contributed by atoms with Gasteiger partial charge in [-0.2, -0.15) is 0 Å². The normalized spacial score (nSPS) is 10.6. The lowest BCUT2D eigenvalue weighted by Gasteiger charge is -2.08. The molecule has 104 valence electrons. The Hall–Kier alpha value is -2.09. The Labute approximate surface area is 120 Å². The van der Waals surface area contributed by atoms with Gasteiger partial charge in [0.1, 0.15) is 0 Å². The first-order valence-electron chi connectivity index (χ1n) is 7.00. The van der Waals surface area contributed by atoms with Gasteiger partial charge in [0.05, 0.1) is 6.42 Å². The van der Waals surface area contributed by atoms with E-state index in [1.165, 1.54) is 11.1 Å². The van der Waals surface area contributed by atoms with Crippen LogP contribution < -0.4 is 5.32 Å². The molecule has 0 saturated carbocycles. The second-order valence-electron chi connectivity index (χ2n) is 5.49. The lowest BCUT2D eigenvalue weighted by molar-refractivity contribution is -0.115. The molecule has 0 unspecified atom stereocenters. The highest BCUT2D eigenvalue weighted by atomic mass is 16.1. The molecule has 2 heteroatoms. The van der Waals surface area contributed by atoms with Gasteiger partial charge in [0.2, 0.25) is 5.91 Å². The predicted molar refractivity (Wildman–Crippen MR) is 84.0 cm³/mol. The number of aryl methyl sites for hydroxylation is 1. The summed E-state index contributed by atoms with van der Waals surface area (Å²) in [5, 5.41) is 2.94. The molecule has 2 rings (SSSR count). The van der Waals surface area contributed by atoms with Crippen molar-refractivity contribution in [2.24, 2.45) is 0 Å². The van der Waals surface area contributed by atoms with Gasteiger partial charge in [0.15, 0.2) is 0 Å². The fourth-order valence-electron chi connectivity index (χ4n) is 2.16. The summed E-state index contributed by atoms with van der Waals surface area (Å²) in [6.07, 6.45) is 0.410. The maximum Gasteiger partial charge on any atom is 0.228 e. The minimum atomic E-state index is 0.0212. The van der Waals surface area contributed by atoms with E-state index in [4.69, 9.17) is 0 Å². The third-order valence-electron chi connectivity index (χ3n) is 3.31. The maximum atomic E-state index is 12.0. The van der Waals surface area contributed by atoms with E-state index >= 15 is 0 Å². The first kappa shape index (κ1) is 14.3. The third kappa shape index (κ3) is 3.95. The Bertz CT molecular complexity index is 585. The van der Waals surface area contributed by atoms with Crippen LogP contribution in [0.25, 0.3) is 0 Å². The van der Waals surface area contributed by atoms with E-state index < -0.39 is 0 Å². The van der Waals surface area contributed by atoms with Crippen LogP contribution in [0.4, 0.5) is 5.69 Å². The SMILES string of the molecule is Cc1cccc(CC(=O)Nc2ccc(C(C)C)cc2)c1. The van der Waals surface area contributed by atoms with Crippen LogP contribution in [0.5, 0.6) is 0 Å². The third-order valence-corrected chi connectivity index (χ3v) is 3.31. The van der Waals surface area contributed by atoms with Crippen molar-refractivity contribution in [3.05, 3.63) is 65.2 Å². The molecule has 0 bridgehead atoms. The zero-order valence-electron chi connectivity index (χ0n) is 12.3. The van der Waals surface area contributed by atoms with Gasteiger partial charge in [-0.1, -0.05) is 55.8 Å². The summed E-state index contributed by atoms with van der Waals surface area (Å²) in [6, 6.07) is 16.1. The molecule has 0 saturated heterocycles. The number of hydrogen-bond acceptors (Lipinski definition) is 1. The number of anilines is 1. The van der Waals surface area contributed by atoms with E-state index in [0.717, 1.165) is 11.3 Å². The second-order valence-corrected chi connectivity index (χ2v) is 5.49. The molecule has 0 aromatic heterocycles. The monoisotopic (exact) mass is 267 g/mol. The predicted octanol–water partition coefficient (Wildman–Crippen LogP) is 4.30. The summed E-state index contributed by atoms with van der Waals surface area (Å²) in [7, 11) is 0. The van der Waals surface area contributed by atoms with Crippen LogP contribution in [0.15, 0.2) is 48.5 Å². The van der Waals surface area contributed by atoms with E-state index in [0.29, 0.717) is 12.3 Å². The topological polar surface area (TPSA) is 29.1 Å². The largest absolute Gasteiger partial charge is 0.326 e. The second kappa shape index (κ2) is 6.38. The molecule has 0 aliphatic rings. The van der Waals surface area contributed by atoms with Gasteiger partial charge in [-0.05, 0) is 36.1 Å². The summed E-state index contributed by atoms with van der Waals surface area (Å²) in [5.41, 5.74) is 4.35. The summed E-state index contributed by atoms with van der Waals surface area (Å²) in [5.74, 6) is 0.528. The number of carbonyl (C=O) groups excluding carboxylic acids is 1. The standard InChI is InChI=1S/C18H21NO/c1-13(2)16-7-9-17(10-8-16)19-18(20)12-15-6-4-5-14(3)11-15/h4-11,13H,12H2,1-3H3,(H,19,20). The Morgan fingerprint density at radius 2 is 1.80 bits per heavy atom. The number of hydrogen-bond donors (Lipinski definition) is 1. The van der Waals surface area contributed by atoms with Crippen molar-refractivity contribution in [2.75, 3.05) is 5.32 Å². The highest BCUT2D eigenvalue weighted by Crippen LogP contribution is 2.17.